The molecule has 0 aromatic rings. The molecule has 2 radical (unpaired) electrons. The van der Waals surface area contributed by atoms with Crippen molar-refractivity contribution in [3.63, 3.8) is 0 Å². The van der Waals surface area contributed by atoms with Crippen molar-refractivity contribution in [1.82, 2.24) is 0 Å². The first kappa shape index (κ1) is 5.06. The lowest BCUT2D eigenvalue weighted by Gasteiger charge is -1.91. The SMILES string of the molecule is [CH]COCC1CO1. The summed E-state index contributed by atoms with van der Waals surface area (Å²) in [6.45, 7) is 6.84. The van der Waals surface area contributed by atoms with Crippen LogP contribution in [0.3, 0.4) is 0 Å². The van der Waals surface area contributed by atoms with Crippen molar-refractivity contribution in [1.29, 1.82) is 0 Å². The van der Waals surface area contributed by atoms with Crippen molar-refractivity contribution >= 4 is 0 Å². The summed E-state index contributed by atoms with van der Waals surface area (Å²) in [6.07, 6.45) is 0.351. The van der Waals surface area contributed by atoms with Crippen LogP contribution >= 0.6 is 0 Å². The molecule has 1 aliphatic rings. The minimum atomic E-state index is 0.305. The highest BCUT2D eigenvalue weighted by Crippen LogP contribution is 2.07. The van der Waals surface area contributed by atoms with Gasteiger partial charge in [0.2, 0.25) is 0 Å². The lowest BCUT2D eigenvalue weighted by atomic mass is 10.5. The van der Waals surface area contributed by atoms with Crippen molar-refractivity contribution in [2.45, 2.75) is 6.10 Å². The van der Waals surface area contributed by atoms with Gasteiger partial charge < -0.3 is 9.47 Å². The second kappa shape index (κ2) is 2.28. The Hall–Kier alpha value is -0.0800. The first-order valence-electron chi connectivity index (χ1n) is 2.33. The van der Waals surface area contributed by atoms with Gasteiger partial charge in [-0.2, -0.15) is 0 Å². The zero-order chi connectivity index (χ0) is 5.11. The average Bonchev–Trinajstić information content (AvgIpc) is 2.42. The molecule has 0 N–H and O–H groups in total. The third kappa shape index (κ3) is 1.90. The minimum Gasteiger partial charge on any atom is -0.378 e. The van der Waals surface area contributed by atoms with E-state index in [4.69, 9.17) is 16.4 Å². The van der Waals surface area contributed by atoms with E-state index in [0.717, 1.165) is 6.61 Å². The molecule has 2 heteroatoms. The Labute approximate surface area is 43.4 Å². The molecule has 1 unspecified atom stereocenters. The highest BCUT2D eigenvalue weighted by Gasteiger charge is 2.21. The summed E-state index contributed by atoms with van der Waals surface area (Å²) in [5.41, 5.74) is 0. The van der Waals surface area contributed by atoms with Gasteiger partial charge in [0.25, 0.3) is 0 Å². The highest BCUT2D eigenvalue weighted by molar-refractivity contribution is 4.66. The molecule has 0 amide bonds. The quantitative estimate of drug-likeness (QED) is 0.469. The van der Waals surface area contributed by atoms with Crippen LogP contribution in [0, 0.1) is 6.92 Å². The van der Waals surface area contributed by atoms with E-state index in [1.54, 1.807) is 0 Å². The van der Waals surface area contributed by atoms with E-state index < -0.39 is 0 Å². The Morgan fingerprint density at radius 2 is 2.57 bits per heavy atom. The molecule has 1 fully saturated rings. The van der Waals surface area contributed by atoms with Crippen LogP contribution < -0.4 is 0 Å². The molecule has 1 rings (SSSR count). The van der Waals surface area contributed by atoms with Crippen LogP contribution in [-0.2, 0) is 9.47 Å². The Bertz CT molecular complexity index is 50.0. The van der Waals surface area contributed by atoms with Crippen molar-refractivity contribution in [3.05, 3.63) is 6.92 Å². The van der Waals surface area contributed by atoms with Gasteiger partial charge in [-0.3, -0.25) is 0 Å². The topological polar surface area (TPSA) is 21.8 Å². The molecule has 1 aliphatic heterocycles. The maximum absolute atomic E-state index is 5.03. The summed E-state index contributed by atoms with van der Waals surface area (Å²) < 4.78 is 9.64. The van der Waals surface area contributed by atoms with Gasteiger partial charge in [-0.05, 0) is 6.92 Å². The third-order valence-electron chi connectivity index (χ3n) is 0.824. The summed E-state index contributed by atoms with van der Waals surface area (Å²) in [7, 11) is 0. The lowest BCUT2D eigenvalue weighted by Crippen LogP contribution is -1.99. The molecule has 1 heterocycles. The Morgan fingerprint density at radius 3 is 3.00 bits per heavy atom. The van der Waals surface area contributed by atoms with Crippen LogP contribution in [0.25, 0.3) is 0 Å². The predicted molar refractivity (Wildman–Crippen MR) is 24.9 cm³/mol. The summed E-state index contributed by atoms with van der Waals surface area (Å²) in [6, 6.07) is 0. The molecule has 7 heavy (non-hydrogen) atoms. The van der Waals surface area contributed by atoms with E-state index in [1.807, 2.05) is 0 Å². The first-order chi connectivity index (χ1) is 3.43. The lowest BCUT2D eigenvalue weighted by molar-refractivity contribution is 0.139. The molecular formula is C5H8O2. The van der Waals surface area contributed by atoms with E-state index in [1.165, 1.54) is 0 Å². The molecule has 0 aliphatic carbocycles. The molecule has 40 valence electrons. The average molecular weight is 100 g/mol. The number of hydrogen-bond donors (Lipinski definition) is 0. The van der Waals surface area contributed by atoms with Gasteiger partial charge >= 0.3 is 0 Å². The van der Waals surface area contributed by atoms with Crippen LogP contribution in [0.1, 0.15) is 0 Å². The Morgan fingerprint density at radius 1 is 1.86 bits per heavy atom. The first-order valence-corrected chi connectivity index (χ1v) is 2.33. The predicted octanol–water partition coefficient (Wildman–Crippen LogP) is 0.113. The van der Waals surface area contributed by atoms with Crippen LogP contribution in [-0.4, -0.2) is 25.9 Å². The molecule has 0 spiro atoms. The van der Waals surface area contributed by atoms with E-state index in [-0.39, 0.29) is 0 Å². The summed E-state index contributed by atoms with van der Waals surface area (Å²) in [5, 5.41) is 0. The van der Waals surface area contributed by atoms with Crippen molar-refractivity contribution in [2.75, 3.05) is 19.8 Å². The molecule has 0 aromatic heterocycles. The van der Waals surface area contributed by atoms with Crippen LogP contribution in [0.15, 0.2) is 0 Å². The molecule has 0 saturated carbocycles. The molecule has 1 atom stereocenters. The molecule has 0 aromatic carbocycles. The maximum Gasteiger partial charge on any atom is 0.104 e. The van der Waals surface area contributed by atoms with Gasteiger partial charge in [-0.25, -0.2) is 0 Å². The van der Waals surface area contributed by atoms with Crippen molar-refractivity contribution < 1.29 is 9.47 Å². The van der Waals surface area contributed by atoms with Gasteiger partial charge in [-0.15, -0.1) is 0 Å². The van der Waals surface area contributed by atoms with Crippen LogP contribution in [0.2, 0.25) is 0 Å². The van der Waals surface area contributed by atoms with E-state index in [2.05, 4.69) is 0 Å². The monoisotopic (exact) mass is 100 g/mol. The fraction of sp³-hybridized carbons (Fsp3) is 0.800. The van der Waals surface area contributed by atoms with Crippen molar-refractivity contribution in [2.24, 2.45) is 0 Å². The van der Waals surface area contributed by atoms with Gasteiger partial charge in [-0.1, -0.05) is 0 Å². The standard InChI is InChI=1S/C5H8O2/c1-2-6-3-5-4-7-5/h1,5H,2-4H2. The molecule has 1 saturated heterocycles. The summed E-state index contributed by atoms with van der Waals surface area (Å²) >= 11 is 0. The number of ether oxygens (including phenoxy) is 2. The third-order valence-corrected chi connectivity index (χ3v) is 0.824. The van der Waals surface area contributed by atoms with Gasteiger partial charge in [0, 0.05) is 0 Å². The van der Waals surface area contributed by atoms with Gasteiger partial charge in [0.15, 0.2) is 0 Å². The number of epoxide rings is 1. The second-order valence-corrected chi connectivity index (χ2v) is 1.49. The van der Waals surface area contributed by atoms with E-state index >= 15 is 0 Å². The van der Waals surface area contributed by atoms with Crippen molar-refractivity contribution in [3.8, 4) is 0 Å². The fourth-order valence-corrected chi connectivity index (χ4v) is 0.364. The van der Waals surface area contributed by atoms with E-state index in [0.29, 0.717) is 19.3 Å². The summed E-state index contributed by atoms with van der Waals surface area (Å²) in [5.74, 6) is 0. The number of rotatable bonds is 3. The maximum atomic E-state index is 5.03. The Kier molecular flexibility index (Phi) is 1.65. The summed E-state index contributed by atoms with van der Waals surface area (Å²) in [4.78, 5) is 0. The fourth-order valence-electron chi connectivity index (χ4n) is 0.364. The zero-order valence-corrected chi connectivity index (χ0v) is 4.09. The molecular weight excluding hydrogens is 92.1 g/mol. The molecule has 0 bridgehead atoms. The van der Waals surface area contributed by atoms with Gasteiger partial charge in [0.05, 0.1) is 19.8 Å². The normalized spacial score (nSPS) is 27.9. The highest BCUT2D eigenvalue weighted by atomic mass is 16.6. The van der Waals surface area contributed by atoms with E-state index in [9.17, 15) is 0 Å². The second-order valence-electron chi connectivity index (χ2n) is 1.49. The Balaban J connectivity index is 1.80. The molecule has 2 nitrogen and oxygen atoms in total. The van der Waals surface area contributed by atoms with Crippen LogP contribution in [0.4, 0.5) is 0 Å². The smallest absolute Gasteiger partial charge is 0.104 e. The zero-order valence-electron chi connectivity index (χ0n) is 4.09. The van der Waals surface area contributed by atoms with Crippen LogP contribution in [0.5, 0.6) is 0 Å². The van der Waals surface area contributed by atoms with Gasteiger partial charge in [0.1, 0.15) is 6.10 Å². The largest absolute Gasteiger partial charge is 0.378 e. The number of hydrogen-bond acceptors (Lipinski definition) is 2. The minimum absolute atomic E-state index is 0.305.